The third-order valence-corrected chi connectivity index (χ3v) is 1.69. The van der Waals surface area contributed by atoms with Crippen molar-refractivity contribution in [2.45, 2.75) is 34.1 Å². The predicted octanol–water partition coefficient (Wildman–Crippen LogP) is 3.92. The average Bonchev–Trinajstić information content (AvgIpc) is 1.95. The standard InChI is InChI=1S/C11H18S/c1-5-6-7-10(9-12)8-11(2,3)4/h5-7,9H,8H2,1-4H3/b6-5-,10-7-. The van der Waals surface area contributed by atoms with E-state index in [0.29, 0.717) is 5.41 Å². The van der Waals surface area contributed by atoms with E-state index >= 15 is 0 Å². The van der Waals surface area contributed by atoms with E-state index in [0.717, 1.165) is 6.42 Å². The average molecular weight is 182 g/mol. The minimum Gasteiger partial charge on any atom is -0.0884 e. The summed E-state index contributed by atoms with van der Waals surface area (Å²) in [7, 11) is 0. The maximum atomic E-state index is 4.93. The topological polar surface area (TPSA) is 0 Å². The Bertz CT molecular complexity index is 192. The molecule has 0 aromatic rings. The molecule has 0 aromatic carbocycles. The molecule has 0 aliphatic rings. The highest BCUT2D eigenvalue weighted by Gasteiger charge is 2.10. The monoisotopic (exact) mass is 182 g/mol. The highest BCUT2D eigenvalue weighted by Crippen LogP contribution is 2.23. The Morgan fingerprint density at radius 3 is 2.25 bits per heavy atom. The minimum absolute atomic E-state index is 0.322. The molecule has 1 heteroatoms. The van der Waals surface area contributed by atoms with Crippen molar-refractivity contribution in [1.29, 1.82) is 0 Å². The second-order valence-corrected chi connectivity index (χ2v) is 4.36. The molecule has 0 N–H and O–H groups in total. The van der Waals surface area contributed by atoms with Crippen molar-refractivity contribution >= 4 is 17.6 Å². The molecule has 0 nitrogen and oxygen atoms in total. The quantitative estimate of drug-likeness (QED) is 0.362. The first kappa shape index (κ1) is 11.6. The van der Waals surface area contributed by atoms with Gasteiger partial charge in [-0.1, -0.05) is 51.2 Å². The maximum absolute atomic E-state index is 4.93. The van der Waals surface area contributed by atoms with Gasteiger partial charge < -0.3 is 0 Å². The number of thiocarbonyl (C=S) groups is 1. The Morgan fingerprint density at radius 2 is 1.92 bits per heavy atom. The van der Waals surface area contributed by atoms with Gasteiger partial charge in [-0.25, -0.2) is 0 Å². The number of hydrogen-bond acceptors (Lipinski definition) is 1. The van der Waals surface area contributed by atoms with Gasteiger partial charge in [0.2, 0.25) is 0 Å². The number of allylic oxidation sites excluding steroid dienone is 4. The molecule has 0 unspecified atom stereocenters. The van der Waals surface area contributed by atoms with Crippen LogP contribution in [0.4, 0.5) is 0 Å². The highest BCUT2D eigenvalue weighted by molar-refractivity contribution is 7.79. The Kier molecular flexibility index (Phi) is 5.07. The van der Waals surface area contributed by atoms with Crippen LogP contribution in [-0.2, 0) is 0 Å². The molecule has 0 aliphatic carbocycles. The summed E-state index contributed by atoms with van der Waals surface area (Å²) < 4.78 is 0. The normalized spacial score (nSPS) is 13.8. The molecule has 68 valence electrons. The molecular formula is C11H18S. The highest BCUT2D eigenvalue weighted by atomic mass is 32.1. The second kappa shape index (κ2) is 5.26. The molecule has 0 fully saturated rings. The summed E-state index contributed by atoms with van der Waals surface area (Å²) in [6.45, 7) is 8.66. The lowest BCUT2D eigenvalue weighted by atomic mass is 9.88. The van der Waals surface area contributed by atoms with Gasteiger partial charge in [0.25, 0.3) is 0 Å². The summed E-state index contributed by atoms with van der Waals surface area (Å²) >= 11 is 4.93. The molecule has 0 amide bonds. The van der Waals surface area contributed by atoms with Crippen molar-refractivity contribution in [3.8, 4) is 0 Å². The molecule has 12 heavy (non-hydrogen) atoms. The van der Waals surface area contributed by atoms with Crippen LogP contribution in [0, 0.1) is 5.41 Å². The molecule has 0 bridgehead atoms. The van der Waals surface area contributed by atoms with E-state index in [-0.39, 0.29) is 0 Å². The van der Waals surface area contributed by atoms with Gasteiger partial charge in [0.15, 0.2) is 0 Å². The summed E-state index contributed by atoms with van der Waals surface area (Å²) in [5.41, 5.74) is 1.55. The molecule has 0 rings (SSSR count). The number of rotatable bonds is 3. The van der Waals surface area contributed by atoms with Gasteiger partial charge >= 0.3 is 0 Å². The van der Waals surface area contributed by atoms with Crippen LogP contribution in [0.1, 0.15) is 34.1 Å². The zero-order chi connectivity index (χ0) is 9.61. The maximum Gasteiger partial charge on any atom is 0.00458 e. The van der Waals surface area contributed by atoms with Crippen molar-refractivity contribution < 1.29 is 0 Å². The lowest BCUT2D eigenvalue weighted by molar-refractivity contribution is 0.416. The zero-order valence-electron chi connectivity index (χ0n) is 8.42. The van der Waals surface area contributed by atoms with E-state index < -0.39 is 0 Å². The first-order valence-electron chi connectivity index (χ1n) is 4.26. The summed E-state index contributed by atoms with van der Waals surface area (Å²) in [5, 5.41) is 1.77. The summed E-state index contributed by atoms with van der Waals surface area (Å²) in [6.07, 6.45) is 7.17. The molecule has 0 saturated carbocycles. The van der Waals surface area contributed by atoms with E-state index in [1.165, 1.54) is 5.57 Å². The van der Waals surface area contributed by atoms with E-state index in [2.05, 4.69) is 26.8 Å². The molecule has 0 spiro atoms. The van der Waals surface area contributed by atoms with Crippen molar-refractivity contribution in [3.05, 3.63) is 23.8 Å². The van der Waals surface area contributed by atoms with Crippen LogP contribution in [-0.4, -0.2) is 5.37 Å². The predicted molar refractivity (Wildman–Crippen MR) is 60.6 cm³/mol. The van der Waals surface area contributed by atoms with Gasteiger partial charge in [0, 0.05) is 5.37 Å². The summed E-state index contributed by atoms with van der Waals surface area (Å²) in [4.78, 5) is 0. The molecule has 0 aliphatic heterocycles. The van der Waals surface area contributed by atoms with Gasteiger partial charge in [0.05, 0.1) is 0 Å². The molecule has 0 heterocycles. The summed E-state index contributed by atoms with van der Waals surface area (Å²) in [6, 6.07) is 0. The zero-order valence-corrected chi connectivity index (χ0v) is 9.24. The SMILES string of the molecule is C/C=C\C=C(/C=S)CC(C)(C)C. The Morgan fingerprint density at radius 1 is 1.33 bits per heavy atom. The summed E-state index contributed by atoms with van der Waals surface area (Å²) in [5.74, 6) is 0. The van der Waals surface area contributed by atoms with Crippen molar-refractivity contribution in [2.24, 2.45) is 5.41 Å². The van der Waals surface area contributed by atoms with Crippen LogP contribution < -0.4 is 0 Å². The van der Waals surface area contributed by atoms with Crippen LogP contribution in [0.5, 0.6) is 0 Å². The Hall–Kier alpha value is -0.430. The molecular weight excluding hydrogens is 164 g/mol. The first-order chi connectivity index (χ1) is 5.49. The fourth-order valence-electron chi connectivity index (χ4n) is 0.972. The third-order valence-electron chi connectivity index (χ3n) is 1.39. The number of hydrogen-bond donors (Lipinski definition) is 0. The van der Waals surface area contributed by atoms with Crippen LogP contribution in [0.15, 0.2) is 23.8 Å². The second-order valence-electron chi connectivity index (χ2n) is 4.12. The van der Waals surface area contributed by atoms with Crippen LogP contribution in [0.25, 0.3) is 0 Å². The fourth-order valence-corrected chi connectivity index (χ4v) is 1.13. The largest absolute Gasteiger partial charge is 0.0884 e. The van der Waals surface area contributed by atoms with Crippen LogP contribution in [0.3, 0.4) is 0 Å². The molecule has 0 radical (unpaired) electrons. The van der Waals surface area contributed by atoms with Gasteiger partial charge in [-0.05, 0) is 24.3 Å². The van der Waals surface area contributed by atoms with Crippen LogP contribution >= 0.6 is 12.2 Å². The van der Waals surface area contributed by atoms with Crippen molar-refractivity contribution in [1.82, 2.24) is 0 Å². The van der Waals surface area contributed by atoms with Gasteiger partial charge in [-0.2, -0.15) is 0 Å². The van der Waals surface area contributed by atoms with Crippen LogP contribution in [0.2, 0.25) is 0 Å². The van der Waals surface area contributed by atoms with Crippen molar-refractivity contribution in [2.75, 3.05) is 0 Å². The van der Waals surface area contributed by atoms with E-state index in [1.807, 2.05) is 19.1 Å². The lowest BCUT2D eigenvalue weighted by Gasteiger charge is -2.17. The third kappa shape index (κ3) is 6.29. The first-order valence-corrected chi connectivity index (χ1v) is 4.74. The van der Waals surface area contributed by atoms with Crippen molar-refractivity contribution in [3.63, 3.8) is 0 Å². The smallest absolute Gasteiger partial charge is 0.00458 e. The van der Waals surface area contributed by atoms with E-state index in [4.69, 9.17) is 12.2 Å². The van der Waals surface area contributed by atoms with E-state index in [9.17, 15) is 0 Å². The Labute approximate surface area is 81.4 Å². The fraction of sp³-hybridized carbons (Fsp3) is 0.545. The van der Waals surface area contributed by atoms with Gasteiger partial charge in [0.1, 0.15) is 0 Å². The molecule has 0 saturated heterocycles. The molecule has 0 atom stereocenters. The van der Waals surface area contributed by atoms with Gasteiger partial charge in [-0.15, -0.1) is 0 Å². The van der Waals surface area contributed by atoms with E-state index in [1.54, 1.807) is 5.37 Å². The van der Waals surface area contributed by atoms with Gasteiger partial charge in [-0.3, -0.25) is 0 Å². The Balaban J connectivity index is 4.28. The molecule has 0 aromatic heterocycles. The lowest BCUT2D eigenvalue weighted by Crippen LogP contribution is -2.06. The minimum atomic E-state index is 0.322.